The van der Waals surface area contributed by atoms with Gasteiger partial charge >= 0.3 is 12.3 Å². The van der Waals surface area contributed by atoms with E-state index in [4.69, 9.17) is 0 Å². The van der Waals surface area contributed by atoms with E-state index in [0.29, 0.717) is 12.6 Å². The zero-order valence-electron chi connectivity index (χ0n) is 19.4. The lowest BCUT2D eigenvalue weighted by molar-refractivity contribution is -0.137. The predicted molar refractivity (Wildman–Crippen MR) is 119 cm³/mol. The fourth-order valence-electron chi connectivity index (χ4n) is 2.75. The minimum Gasteiger partial charge on any atom is -0.464 e. The molecular formula is C21H28F3N5O3S. The Labute approximate surface area is 193 Å². The van der Waals surface area contributed by atoms with Gasteiger partial charge in [-0.15, -0.1) is 0 Å². The van der Waals surface area contributed by atoms with Crippen molar-refractivity contribution in [2.24, 2.45) is 4.99 Å². The molecule has 0 fully saturated rings. The van der Waals surface area contributed by atoms with Gasteiger partial charge < -0.3 is 5.11 Å². The van der Waals surface area contributed by atoms with Gasteiger partial charge in [-0.3, -0.25) is 9.80 Å². The van der Waals surface area contributed by atoms with Crippen LogP contribution in [-0.2, 0) is 18.1 Å². The van der Waals surface area contributed by atoms with Crippen molar-refractivity contribution in [3.05, 3.63) is 39.1 Å². The van der Waals surface area contributed by atoms with E-state index in [-0.39, 0.29) is 21.5 Å². The molecule has 0 atom stereocenters. The Balaban J connectivity index is 2.67. The first-order valence-electron chi connectivity index (χ1n) is 10.3. The summed E-state index contributed by atoms with van der Waals surface area (Å²) in [5, 5.41) is 16.4. The number of alkyl halides is 3. The van der Waals surface area contributed by atoms with Crippen molar-refractivity contribution in [3.8, 4) is 0 Å². The van der Waals surface area contributed by atoms with Crippen LogP contribution >= 0.6 is 11.3 Å². The van der Waals surface area contributed by atoms with Crippen LogP contribution in [0, 0.1) is 0 Å². The summed E-state index contributed by atoms with van der Waals surface area (Å²) in [4.78, 5) is 28.9. The molecule has 0 aliphatic rings. The van der Waals surface area contributed by atoms with Gasteiger partial charge in [0.2, 0.25) is 4.80 Å². The van der Waals surface area contributed by atoms with Crippen molar-refractivity contribution in [1.82, 2.24) is 14.8 Å². The van der Waals surface area contributed by atoms with Crippen LogP contribution in [0.1, 0.15) is 61.5 Å². The molecule has 0 radical (unpaired) electrons. The number of hydrogen-bond donors (Lipinski definition) is 1. The number of amides is 2. The van der Waals surface area contributed by atoms with Crippen LogP contribution in [0.25, 0.3) is 0 Å². The van der Waals surface area contributed by atoms with Crippen molar-refractivity contribution in [2.75, 3.05) is 19.1 Å². The van der Waals surface area contributed by atoms with E-state index in [2.05, 4.69) is 10.1 Å². The number of hydrogen-bond acceptors (Lipinski definition) is 5. The summed E-state index contributed by atoms with van der Waals surface area (Å²) in [5.41, 5.74) is -1.73. The first kappa shape index (κ1) is 26.4. The number of anilines is 1. The Bertz CT molecular complexity index is 1090. The summed E-state index contributed by atoms with van der Waals surface area (Å²) < 4.78 is 41.6. The quantitative estimate of drug-likeness (QED) is 0.593. The first-order chi connectivity index (χ1) is 15.2. The highest BCUT2D eigenvalue weighted by Gasteiger charge is 2.33. The average molecular weight is 488 g/mol. The number of halogens is 3. The van der Waals surface area contributed by atoms with Crippen LogP contribution in [0.5, 0.6) is 0 Å². The summed E-state index contributed by atoms with van der Waals surface area (Å²) >= 11 is 1.20. The Morgan fingerprint density at radius 1 is 1.21 bits per heavy atom. The Hall–Kier alpha value is -2.89. The van der Waals surface area contributed by atoms with Gasteiger partial charge in [0.1, 0.15) is 5.01 Å². The van der Waals surface area contributed by atoms with E-state index < -0.39 is 23.7 Å². The van der Waals surface area contributed by atoms with Crippen LogP contribution in [0.3, 0.4) is 0 Å². The third-order valence-electron chi connectivity index (χ3n) is 4.81. The molecule has 33 heavy (non-hydrogen) atoms. The van der Waals surface area contributed by atoms with Crippen LogP contribution in [-0.4, -0.2) is 46.0 Å². The van der Waals surface area contributed by atoms with Crippen molar-refractivity contribution in [3.63, 3.8) is 0 Å². The van der Waals surface area contributed by atoms with Crippen LogP contribution in [0.4, 0.5) is 23.7 Å². The van der Waals surface area contributed by atoms with Gasteiger partial charge in [-0.2, -0.15) is 23.3 Å². The van der Waals surface area contributed by atoms with Crippen molar-refractivity contribution in [2.45, 2.75) is 58.7 Å². The standard InChI is InChI=1S/C21H28F3N5O3S/c1-7-8-11-29-18(33-17(26-29)20(2,3)4)25-16(30)14-12-13(21(22,23)24)9-10-15(14)27(5)28(6)19(31)32/h9-10,12H,7-8,11H2,1-6H3,(H,31,32). The monoisotopic (exact) mass is 487 g/mol. The number of nitrogens with zero attached hydrogens (tertiary/aromatic N) is 5. The summed E-state index contributed by atoms with van der Waals surface area (Å²) in [5.74, 6) is -0.920. The highest BCUT2D eigenvalue weighted by Crippen LogP contribution is 2.33. The third-order valence-corrected chi connectivity index (χ3v) is 6.18. The molecule has 12 heteroatoms. The second-order valence-electron chi connectivity index (χ2n) is 8.49. The minimum atomic E-state index is -4.68. The lowest BCUT2D eigenvalue weighted by Gasteiger charge is -2.29. The fraction of sp³-hybridized carbons (Fsp3) is 0.524. The number of aromatic nitrogens is 2. The molecule has 2 rings (SSSR count). The molecule has 1 N–H and O–H groups in total. The van der Waals surface area contributed by atoms with E-state index >= 15 is 0 Å². The lowest BCUT2D eigenvalue weighted by Crippen LogP contribution is -2.41. The SMILES string of the molecule is CCCCn1nc(C(C)(C)C)sc1=NC(=O)c1cc(C(F)(F)F)ccc1N(C)N(C)C(=O)O. The second-order valence-corrected chi connectivity index (χ2v) is 9.45. The van der Waals surface area contributed by atoms with Crippen molar-refractivity contribution < 1.29 is 27.9 Å². The number of aryl methyl sites for hydroxylation is 1. The minimum absolute atomic E-state index is 0.0256. The highest BCUT2D eigenvalue weighted by molar-refractivity contribution is 7.09. The van der Waals surface area contributed by atoms with E-state index in [1.807, 2.05) is 27.7 Å². The van der Waals surface area contributed by atoms with Gasteiger partial charge in [0, 0.05) is 26.1 Å². The molecule has 0 aliphatic carbocycles. The molecule has 0 aliphatic heterocycles. The number of carbonyl (C=O) groups is 2. The fourth-order valence-corrected chi connectivity index (χ4v) is 3.74. The largest absolute Gasteiger partial charge is 0.464 e. The summed E-state index contributed by atoms with van der Waals surface area (Å²) in [7, 11) is 2.54. The van der Waals surface area contributed by atoms with Gasteiger partial charge in [0.05, 0.1) is 16.8 Å². The van der Waals surface area contributed by atoms with E-state index in [1.54, 1.807) is 4.68 Å². The van der Waals surface area contributed by atoms with Gasteiger partial charge in [0.15, 0.2) is 0 Å². The molecule has 1 aromatic heterocycles. The zero-order valence-corrected chi connectivity index (χ0v) is 20.2. The number of carboxylic acid groups (broad SMARTS) is 1. The molecule has 2 amide bonds. The van der Waals surface area contributed by atoms with Crippen LogP contribution in [0.2, 0.25) is 0 Å². The van der Waals surface area contributed by atoms with E-state index in [0.717, 1.165) is 40.0 Å². The third kappa shape index (κ3) is 6.34. The maximum atomic E-state index is 13.3. The number of benzene rings is 1. The van der Waals surface area contributed by atoms with Crippen molar-refractivity contribution >= 4 is 29.0 Å². The average Bonchev–Trinajstić information content (AvgIpc) is 3.12. The van der Waals surface area contributed by atoms with Gasteiger partial charge in [-0.1, -0.05) is 45.5 Å². The smallest absolute Gasteiger partial charge is 0.426 e. The summed E-state index contributed by atoms with van der Waals surface area (Å²) in [6.07, 6.45) is -4.36. The summed E-state index contributed by atoms with van der Waals surface area (Å²) in [6.45, 7) is 8.39. The van der Waals surface area contributed by atoms with Gasteiger partial charge in [-0.05, 0) is 24.6 Å². The van der Waals surface area contributed by atoms with Gasteiger partial charge in [0.25, 0.3) is 5.91 Å². The van der Waals surface area contributed by atoms with Crippen molar-refractivity contribution in [1.29, 1.82) is 0 Å². The van der Waals surface area contributed by atoms with E-state index in [1.165, 1.54) is 25.4 Å². The number of rotatable bonds is 6. The molecule has 0 spiro atoms. The normalized spacial score (nSPS) is 12.7. The molecule has 0 unspecified atom stereocenters. The van der Waals surface area contributed by atoms with E-state index in [9.17, 15) is 27.9 Å². The summed E-state index contributed by atoms with van der Waals surface area (Å²) in [6, 6.07) is 2.54. The molecule has 1 aromatic carbocycles. The maximum Gasteiger partial charge on any atom is 0.426 e. The van der Waals surface area contributed by atoms with Gasteiger partial charge in [-0.25, -0.2) is 14.5 Å². The lowest BCUT2D eigenvalue weighted by atomic mass is 9.98. The molecule has 2 aromatic rings. The maximum absolute atomic E-state index is 13.3. The Morgan fingerprint density at radius 2 is 1.85 bits per heavy atom. The Morgan fingerprint density at radius 3 is 2.36 bits per heavy atom. The predicted octanol–water partition coefficient (Wildman–Crippen LogP) is 4.76. The molecular weight excluding hydrogens is 459 g/mol. The Kier molecular flexibility index (Phi) is 7.94. The highest BCUT2D eigenvalue weighted by atomic mass is 32.1. The molecule has 0 saturated heterocycles. The first-order valence-corrected chi connectivity index (χ1v) is 11.1. The topological polar surface area (TPSA) is 91.0 Å². The molecule has 1 heterocycles. The number of carbonyl (C=O) groups excluding carboxylic acids is 1. The molecule has 0 bridgehead atoms. The molecule has 0 saturated carbocycles. The number of unbranched alkanes of at least 4 members (excludes halogenated alkanes) is 1. The van der Waals surface area contributed by atoms with Crippen LogP contribution < -0.4 is 9.81 Å². The second kappa shape index (κ2) is 9.94. The number of hydrazine groups is 1. The molecule has 182 valence electrons. The molecule has 8 nitrogen and oxygen atoms in total. The van der Waals surface area contributed by atoms with Crippen LogP contribution in [0.15, 0.2) is 23.2 Å². The zero-order chi connectivity index (χ0) is 25.1.